The largest absolute Gasteiger partial charge is 0.467 e. The van der Waals surface area contributed by atoms with E-state index in [0.29, 0.717) is 0 Å². The Labute approximate surface area is 75.2 Å². The van der Waals surface area contributed by atoms with Crippen LogP contribution in [0.2, 0.25) is 0 Å². The number of carbonyl (C=O) groups is 3. The van der Waals surface area contributed by atoms with E-state index in [0.717, 1.165) is 21.1 Å². The van der Waals surface area contributed by atoms with E-state index in [9.17, 15) is 14.4 Å². The Morgan fingerprint density at radius 3 is 2.00 bits per heavy atom. The quantitative estimate of drug-likeness (QED) is 0.477. The van der Waals surface area contributed by atoms with E-state index in [1.54, 1.807) is 0 Å². The molecule has 0 bridgehead atoms. The predicted octanol–water partition coefficient (Wildman–Crippen LogP) is -0.527. The molecule has 0 rings (SSSR count). The number of esters is 1. The maximum atomic E-state index is 10.9. The van der Waals surface area contributed by atoms with Crippen molar-refractivity contribution in [2.75, 3.05) is 14.2 Å². The molecule has 1 atom stereocenters. The van der Waals surface area contributed by atoms with Crippen molar-refractivity contribution in [3.63, 3.8) is 0 Å². The lowest BCUT2D eigenvalue weighted by atomic mass is 10.2. The molecule has 0 aliphatic carbocycles. The van der Waals surface area contributed by atoms with Crippen molar-refractivity contribution in [1.82, 2.24) is 5.32 Å². The zero-order valence-electron chi connectivity index (χ0n) is 7.62. The first kappa shape index (κ1) is 11.4. The Balaban J connectivity index is 4.35. The fourth-order valence-corrected chi connectivity index (χ4v) is 0.621. The van der Waals surface area contributed by atoms with Gasteiger partial charge in [-0.2, -0.15) is 0 Å². The number of rotatable bonds is 3. The molecule has 0 spiro atoms. The van der Waals surface area contributed by atoms with Gasteiger partial charge in [0.05, 0.1) is 14.2 Å². The highest BCUT2D eigenvalue weighted by atomic mass is 16.5. The molecule has 0 saturated heterocycles. The number of alkyl carbamates (subject to hydrolysis) is 1. The molecule has 6 nitrogen and oxygen atoms in total. The van der Waals surface area contributed by atoms with Crippen LogP contribution in [-0.2, 0) is 19.1 Å². The van der Waals surface area contributed by atoms with Gasteiger partial charge in [-0.05, 0) is 6.92 Å². The van der Waals surface area contributed by atoms with Gasteiger partial charge in [-0.1, -0.05) is 0 Å². The summed E-state index contributed by atoms with van der Waals surface area (Å²) in [6.07, 6.45) is -0.856. The van der Waals surface area contributed by atoms with Crippen molar-refractivity contribution in [2.24, 2.45) is 0 Å². The number of amides is 1. The molecule has 0 heterocycles. The van der Waals surface area contributed by atoms with Gasteiger partial charge in [0.1, 0.15) is 0 Å². The van der Waals surface area contributed by atoms with Crippen molar-refractivity contribution in [3.05, 3.63) is 0 Å². The van der Waals surface area contributed by atoms with E-state index in [4.69, 9.17) is 0 Å². The van der Waals surface area contributed by atoms with Crippen LogP contribution in [0.3, 0.4) is 0 Å². The first-order chi connectivity index (χ1) is 6.02. The van der Waals surface area contributed by atoms with Gasteiger partial charge in [-0.25, -0.2) is 9.59 Å². The molecule has 0 fully saturated rings. The monoisotopic (exact) mass is 189 g/mol. The summed E-state index contributed by atoms with van der Waals surface area (Å²) in [5, 5.41) is 2.03. The SMILES string of the molecule is COC(=O)N[C@H](C(C)=O)C(=O)OC. The van der Waals surface area contributed by atoms with Gasteiger partial charge in [-0.3, -0.25) is 4.79 Å². The molecule has 0 aliphatic rings. The number of methoxy groups -OCH3 is 2. The highest BCUT2D eigenvalue weighted by molar-refractivity contribution is 6.04. The Bertz CT molecular complexity index is 225. The van der Waals surface area contributed by atoms with Crippen LogP contribution in [-0.4, -0.2) is 38.1 Å². The third kappa shape index (κ3) is 3.55. The average Bonchev–Trinajstić information content (AvgIpc) is 2.11. The van der Waals surface area contributed by atoms with Gasteiger partial charge in [0.25, 0.3) is 0 Å². The fraction of sp³-hybridized carbons (Fsp3) is 0.571. The molecule has 0 aromatic heterocycles. The van der Waals surface area contributed by atoms with E-state index in [1.807, 2.05) is 5.32 Å². The molecular weight excluding hydrogens is 178 g/mol. The summed E-state index contributed by atoms with van der Waals surface area (Å²) < 4.78 is 8.50. The summed E-state index contributed by atoms with van der Waals surface area (Å²) in [7, 11) is 2.25. The molecule has 1 amide bonds. The number of nitrogens with one attached hydrogen (secondary N) is 1. The molecule has 0 unspecified atom stereocenters. The first-order valence-corrected chi connectivity index (χ1v) is 3.45. The van der Waals surface area contributed by atoms with Crippen LogP contribution < -0.4 is 5.32 Å². The van der Waals surface area contributed by atoms with Crippen LogP contribution >= 0.6 is 0 Å². The van der Waals surface area contributed by atoms with Crippen molar-refractivity contribution >= 4 is 17.8 Å². The lowest BCUT2D eigenvalue weighted by Crippen LogP contribution is -2.46. The standard InChI is InChI=1S/C7H11NO5/c1-4(9)5(6(10)12-2)8-7(11)13-3/h5H,1-3H3,(H,8,11)/t5-/m1/s1. The van der Waals surface area contributed by atoms with Gasteiger partial charge in [0.15, 0.2) is 11.8 Å². The van der Waals surface area contributed by atoms with Gasteiger partial charge in [-0.15, -0.1) is 0 Å². The summed E-state index contributed by atoms with van der Waals surface area (Å²) in [6, 6.07) is -1.29. The minimum Gasteiger partial charge on any atom is -0.467 e. The number of hydrogen-bond donors (Lipinski definition) is 1. The van der Waals surface area contributed by atoms with Gasteiger partial charge < -0.3 is 14.8 Å². The molecule has 0 radical (unpaired) electrons. The van der Waals surface area contributed by atoms with Crippen molar-refractivity contribution < 1.29 is 23.9 Å². The summed E-state index contributed by atoms with van der Waals surface area (Å²) in [5.41, 5.74) is 0. The van der Waals surface area contributed by atoms with Crippen molar-refractivity contribution in [1.29, 1.82) is 0 Å². The van der Waals surface area contributed by atoms with Crippen LogP contribution in [0.1, 0.15) is 6.92 Å². The maximum Gasteiger partial charge on any atom is 0.407 e. The Hall–Kier alpha value is -1.59. The molecular formula is C7H11NO5. The molecule has 0 aromatic rings. The second-order valence-corrected chi connectivity index (χ2v) is 2.20. The number of ether oxygens (including phenoxy) is 2. The van der Waals surface area contributed by atoms with Gasteiger partial charge in [0.2, 0.25) is 0 Å². The van der Waals surface area contributed by atoms with E-state index >= 15 is 0 Å². The van der Waals surface area contributed by atoms with Crippen LogP contribution in [0.25, 0.3) is 0 Å². The smallest absolute Gasteiger partial charge is 0.407 e. The number of ketones is 1. The molecule has 74 valence electrons. The van der Waals surface area contributed by atoms with Crippen LogP contribution in [0.4, 0.5) is 4.79 Å². The number of Topliss-reactive ketones (excluding diaryl/α,β-unsaturated/α-hetero) is 1. The summed E-state index contributed by atoms with van der Waals surface area (Å²) in [6.45, 7) is 1.16. The zero-order chi connectivity index (χ0) is 10.4. The lowest BCUT2D eigenvalue weighted by Gasteiger charge is -2.11. The van der Waals surface area contributed by atoms with E-state index < -0.39 is 23.9 Å². The summed E-state index contributed by atoms with van der Waals surface area (Å²) in [4.78, 5) is 32.4. The summed E-state index contributed by atoms with van der Waals surface area (Å²) in [5.74, 6) is -1.34. The second kappa shape index (κ2) is 5.13. The highest BCUT2D eigenvalue weighted by Crippen LogP contribution is 1.90. The van der Waals surface area contributed by atoms with E-state index in [1.165, 1.54) is 0 Å². The third-order valence-electron chi connectivity index (χ3n) is 1.29. The minimum absolute atomic E-state index is 0.516. The fourth-order valence-electron chi connectivity index (χ4n) is 0.621. The number of hydrogen-bond acceptors (Lipinski definition) is 5. The van der Waals surface area contributed by atoms with Crippen molar-refractivity contribution in [2.45, 2.75) is 13.0 Å². The molecule has 0 aliphatic heterocycles. The number of carbonyl (C=O) groups excluding carboxylic acids is 3. The molecule has 1 N–H and O–H groups in total. The van der Waals surface area contributed by atoms with Crippen molar-refractivity contribution in [3.8, 4) is 0 Å². The predicted molar refractivity (Wildman–Crippen MR) is 42.0 cm³/mol. The molecule has 0 saturated carbocycles. The Morgan fingerprint density at radius 2 is 1.69 bits per heavy atom. The summed E-state index contributed by atoms with van der Waals surface area (Å²) >= 11 is 0. The van der Waals surface area contributed by atoms with E-state index in [-0.39, 0.29) is 0 Å². The van der Waals surface area contributed by atoms with E-state index in [2.05, 4.69) is 9.47 Å². The third-order valence-corrected chi connectivity index (χ3v) is 1.29. The highest BCUT2D eigenvalue weighted by Gasteiger charge is 2.26. The molecule has 6 heteroatoms. The van der Waals surface area contributed by atoms with Crippen LogP contribution in [0.5, 0.6) is 0 Å². The Morgan fingerprint density at radius 1 is 1.15 bits per heavy atom. The van der Waals surface area contributed by atoms with Crippen LogP contribution in [0.15, 0.2) is 0 Å². The topological polar surface area (TPSA) is 81.7 Å². The molecule has 13 heavy (non-hydrogen) atoms. The normalized spacial score (nSPS) is 11.3. The second-order valence-electron chi connectivity index (χ2n) is 2.20. The first-order valence-electron chi connectivity index (χ1n) is 3.45. The average molecular weight is 189 g/mol. The maximum absolute atomic E-state index is 10.9. The zero-order valence-corrected chi connectivity index (χ0v) is 7.62. The van der Waals surface area contributed by atoms with Crippen LogP contribution in [0, 0.1) is 0 Å². The van der Waals surface area contributed by atoms with Gasteiger partial charge >= 0.3 is 12.1 Å². The lowest BCUT2D eigenvalue weighted by molar-refractivity contribution is -0.145. The van der Waals surface area contributed by atoms with Gasteiger partial charge in [0, 0.05) is 0 Å². The Kier molecular flexibility index (Phi) is 4.50. The molecule has 0 aromatic carbocycles. The minimum atomic E-state index is -1.29.